The molecule has 0 fully saturated rings. The van der Waals surface area contributed by atoms with Crippen LogP contribution in [0.4, 0.5) is 0 Å². The molecule has 7 aromatic heterocycles. The molecular weight excluding hydrogens is 1270 g/mol. The molecule has 90 heavy (non-hydrogen) atoms. The Morgan fingerprint density at radius 3 is 0.678 bits per heavy atom. The van der Waals surface area contributed by atoms with Gasteiger partial charge in [-0.3, -0.25) is 19.9 Å². The van der Waals surface area contributed by atoms with E-state index in [-0.39, 0.29) is 65.9 Å². The number of carboxylic acids is 3. The van der Waals surface area contributed by atoms with E-state index in [2.05, 4.69) is 68.5 Å². The van der Waals surface area contributed by atoms with Crippen molar-refractivity contribution in [2.24, 2.45) is 0 Å². The van der Waals surface area contributed by atoms with Crippen LogP contribution in [-0.2, 0) is 68.2 Å². The van der Waals surface area contributed by atoms with Gasteiger partial charge in [-0.05, 0) is 67.6 Å². The predicted octanol–water partition coefficient (Wildman–Crippen LogP) is 4.61. The van der Waals surface area contributed by atoms with Crippen LogP contribution in [0.2, 0.25) is 0 Å². The number of rotatable bonds is 6. The van der Waals surface area contributed by atoms with Crippen molar-refractivity contribution >= 4 is 127 Å². The number of fused-ring (bicyclic) bond motifs is 15. The molecule has 19 nitrogen and oxygen atoms in total. The summed E-state index contributed by atoms with van der Waals surface area (Å²) in [6.07, 6.45) is 7.21. The van der Waals surface area contributed by atoms with Gasteiger partial charge in [0.2, 0.25) is 0 Å². The van der Waals surface area contributed by atoms with E-state index in [1.165, 1.54) is 0 Å². The van der Waals surface area contributed by atoms with Gasteiger partial charge in [0.05, 0.1) is 59.6 Å². The molecule has 0 amide bonds. The summed E-state index contributed by atoms with van der Waals surface area (Å²) in [5.74, 6) is -3.22. The second-order valence-corrected chi connectivity index (χ2v) is 19.9. The van der Waals surface area contributed by atoms with Gasteiger partial charge in [-0.1, -0.05) is 158 Å². The molecule has 3 N–H and O–H groups in total. The largest absolute Gasteiger partial charge is 2.00 e. The monoisotopic (exact) mass is 1320 g/mol. The molecule has 0 aliphatic rings. The number of halogens is 1. The number of carboxylic acid groups (broad SMARTS) is 3. The molecule has 462 valence electrons. The molecule has 0 bridgehead atoms. The van der Waals surface area contributed by atoms with E-state index in [0.29, 0.717) is 0 Å². The Hall–Kier alpha value is -9.70. The van der Waals surface area contributed by atoms with Crippen molar-refractivity contribution in [3.05, 3.63) is 243 Å². The van der Waals surface area contributed by atoms with E-state index in [9.17, 15) is 29.7 Å². The van der Waals surface area contributed by atoms with Crippen LogP contribution >= 0.6 is 0 Å². The number of pyridine rings is 4. The number of para-hydroxylation sites is 6. The van der Waals surface area contributed by atoms with Gasteiger partial charge in [0.15, 0.2) is 0 Å². The second-order valence-electron chi connectivity index (χ2n) is 19.1. The number of aromatic nitrogens is 7. The Kier molecular flexibility index (Phi) is 25.1. The van der Waals surface area contributed by atoms with E-state index in [0.717, 1.165) is 109 Å². The molecule has 2 radical (unpaired) electrons. The van der Waals surface area contributed by atoms with E-state index >= 15 is 0 Å². The molecular formula is C68H54ClCu2N7O12. The molecule has 0 atom stereocenters. The van der Waals surface area contributed by atoms with Crippen molar-refractivity contribution in [1.29, 1.82) is 0 Å². The molecule has 0 aliphatic carbocycles. The van der Waals surface area contributed by atoms with Crippen molar-refractivity contribution in [3.8, 4) is 0 Å². The van der Waals surface area contributed by atoms with Gasteiger partial charge in [0.1, 0.15) is 0 Å². The Balaban J connectivity index is 0.000000173. The molecule has 0 saturated heterocycles. The summed E-state index contributed by atoms with van der Waals surface area (Å²) in [5.41, 5.74) is 9.48. The summed E-state index contributed by atoms with van der Waals surface area (Å²) in [6, 6.07) is 71.1. The maximum absolute atomic E-state index is 10.8. The van der Waals surface area contributed by atoms with E-state index in [1.54, 1.807) is 45.4 Å². The van der Waals surface area contributed by atoms with E-state index in [4.69, 9.17) is 23.7 Å². The number of hydrogen-bond donors (Lipinski definition) is 1. The third-order valence-electron chi connectivity index (χ3n) is 13.6. The topological polar surface area (TPSA) is 331 Å². The van der Waals surface area contributed by atoms with Crippen LogP contribution in [0.5, 0.6) is 0 Å². The number of aliphatic carboxylic acids is 3. The maximum Gasteiger partial charge on any atom is 2.00 e. The van der Waals surface area contributed by atoms with Crippen molar-refractivity contribution in [2.45, 2.75) is 26.6 Å². The first kappa shape index (κ1) is 69.4. The Morgan fingerprint density at radius 1 is 0.344 bits per heavy atom. The van der Waals surface area contributed by atoms with Gasteiger partial charge in [-0.15, -0.1) is 10.2 Å². The molecule has 8 aromatic carbocycles. The molecule has 0 saturated carbocycles. The van der Waals surface area contributed by atoms with E-state index < -0.39 is 28.2 Å². The third kappa shape index (κ3) is 16.9. The minimum absolute atomic E-state index is 0. The van der Waals surface area contributed by atoms with Crippen LogP contribution in [0.25, 0.3) is 109 Å². The van der Waals surface area contributed by atoms with Gasteiger partial charge in [-0.2, -0.15) is 0 Å². The second kappa shape index (κ2) is 32.5. The van der Waals surface area contributed by atoms with Gasteiger partial charge >= 0.3 is 34.1 Å². The molecule has 7 heterocycles. The molecule has 15 rings (SSSR count). The zero-order valence-corrected chi connectivity index (χ0v) is 50.2. The number of aliphatic hydroxyl groups is 1. The van der Waals surface area contributed by atoms with Crippen LogP contribution in [0.1, 0.15) is 6.92 Å². The average molecular weight is 1320 g/mol. The van der Waals surface area contributed by atoms with Crippen molar-refractivity contribution in [1.82, 2.24) is 33.6 Å². The fraction of sp³-hybridized carbons (Fsp3) is 0.0735. The van der Waals surface area contributed by atoms with Crippen LogP contribution in [0.3, 0.4) is 0 Å². The summed E-state index contributed by atoms with van der Waals surface area (Å²) in [7, 11) is -4.94. The summed E-state index contributed by atoms with van der Waals surface area (Å²) in [6.45, 7) is 1.58. The number of carbonyl (C=O) groups is 3. The summed E-state index contributed by atoms with van der Waals surface area (Å²) < 4.78 is 39.3. The summed E-state index contributed by atoms with van der Waals surface area (Å²) in [5, 5.41) is 51.0. The predicted molar refractivity (Wildman–Crippen MR) is 324 cm³/mol. The van der Waals surface area contributed by atoms with Crippen LogP contribution < -0.4 is 34.0 Å². The van der Waals surface area contributed by atoms with Crippen molar-refractivity contribution < 1.29 is 103 Å². The van der Waals surface area contributed by atoms with Crippen LogP contribution in [0, 0.1) is 10.2 Å². The average Bonchev–Trinajstić information content (AvgIpc) is 1.60. The number of benzene rings is 8. The van der Waals surface area contributed by atoms with Crippen LogP contribution in [0.15, 0.2) is 243 Å². The molecule has 22 heteroatoms. The fourth-order valence-corrected chi connectivity index (χ4v) is 10.3. The number of nitrogens with zero attached hydrogens (tertiary/aromatic N) is 7. The van der Waals surface area contributed by atoms with E-state index in [1.807, 2.05) is 170 Å². The summed E-state index contributed by atoms with van der Waals surface area (Å²) in [4.78, 5) is 49.9. The molecule has 0 spiro atoms. The quantitative estimate of drug-likeness (QED) is 0.175. The normalized spacial score (nSPS) is 10.5. The minimum atomic E-state index is -4.94. The smallest absolute Gasteiger partial charge is 0.548 e. The third-order valence-corrected chi connectivity index (χ3v) is 13.6. The van der Waals surface area contributed by atoms with Gasteiger partial charge in [0.25, 0.3) is 0 Å². The van der Waals surface area contributed by atoms with Crippen molar-refractivity contribution in [2.75, 3.05) is 6.61 Å². The standard InChI is InChI=1S/3C14H11NO2.2C12H8N2.C2H6O.ClHO4.2Cu.H2O/c3*16-14(17)9-15-12-7-3-1-5-10(12)11-6-2-4-8-13(11)15;2*1-3-9-5-6-10-4-2-8-14-12(10)11(9)13-7-1;1-2-3;2-1(3,4)5;;;/h3*1-8H,9H2,(H,16,17);2*1-8H;3H,2H2,1H3;(H,2,3,4,5);;;1H2/q;;;;;;;2*+2;/p-4. The SMILES string of the molecule is CCO.O.O=C([O-])Cn1c2ccccc2c2ccccc21.O=C([O-])Cn1c2ccccc2c2ccccc21.O=C([O-])Cn1c2ccccc2c2ccccc21.[Cu+2].[Cu+2].[O-][Cl+3]([O-])([O-])[O-].c1cnc2c(c1)ccc1cccnc12.c1cnc2c(c1)ccc1cccnc12. The molecule has 0 unspecified atom stereocenters. The minimum Gasteiger partial charge on any atom is -0.548 e. The molecule has 15 aromatic rings. The number of aliphatic hydroxyl groups excluding tert-OH is 1. The van der Waals surface area contributed by atoms with Crippen LogP contribution in [-0.4, -0.2) is 68.7 Å². The number of hydrogen-bond acceptors (Lipinski definition) is 15. The first-order valence-corrected chi connectivity index (χ1v) is 28.2. The zero-order chi connectivity index (χ0) is 61.5. The maximum atomic E-state index is 10.8. The van der Waals surface area contributed by atoms with Gasteiger partial charge in [-0.25, -0.2) is 18.6 Å². The van der Waals surface area contributed by atoms with Crippen molar-refractivity contribution in [3.63, 3.8) is 0 Å². The first-order valence-electron chi connectivity index (χ1n) is 27.0. The van der Waals surface area contributed by atoms with Gasteiger partial charge in [0, 0.05) is 118 Å². The Bertz CT molecular complexity index is 4220. The summed E-state index contributed by atoms with van der Waals surface area (Å²) >= 11 is 0. The number of carbonyl (C=O) groups excluding carboxylic acids is 3. The first-order chi connectivity index (χ1) is 42.1. The zero-order valence-electron chi connectivity index (χ0n) is 47.6. The Morgan fingerprint density at radius 2 is 0.511 bits per heavy atom. The molecule has 0 aliphatic heterocycles. The van der Waals surface area contributed by atoms with Gasteiger partial charge < -0.3 is 54.0 Å². The fourth-order valence-electron chi connectivity index (χ4n) is 10.3. The Labute approximate surface area is 537 Å².